The minimum absolute atomic E-state index is 0.126. The number of aliphatic hydroxyl groups excluding tert-OH is 1. The predicted molar refractivity (Wildman–Crippen MR) is 59.7 cm³/mol. The Morgan fingerprint density at radius 2 is 2.15 bits per heavy atom. The highest BCUT2D eigenvalue weighted by atomic mass is 32.1. The first kappa shape index (κ1) is 9.06. The highest BCUT2D eigenvalue weighted by molar-refractivity contribution is 7.80. The predicted octanol–water partition coefficient (Wildman–Crippen LogP) is 2.99. The molecule has 2 rings (SSSR count). The maximum Gasteiger partial charge on any atom is 0.0774 e. The number of aryl methyl sites for hydroxylation is 1. The molecule has 13 heavy (non-hydrogen) atoms. The third-order valence-electron chi connectivity index (χ3n) is 1.99. The largest absolute Gasteiger partial charge is 0.391 e. The van der Waals surface area contributed by atoms with Crippen LogP contribution in [-0.4, -0.2) is 5.11 Å². The molecule has 2 aromatic rings. The topological polar surface area (TPSA) is 20.2 Å². The van der Waals surface area contributed by atoms with Crippen molar-refractivity contribution >= 4 is 34.1 Å². The highest BCUT2D eigenvalue weighted by Crippen LogP contribution is 2.30. The first-order valence-electron chi connectivity index (χ1n) is 4.03. The molecule has 3 heteroatoms. The highest BCUT2D eigenvalue weighted by Gasteiger charge is 2.03. The van der Waals surface area contributed by atoms with Crippen LogP contribution in [0.3, 0.4) is 0 Å². The van der Waals surface area contributed by atoms with Crippen molar-refractivity contribution in [3.63, 3.8) is 0 Å². The quantitative estimate of drug-likeness (QED) is 0.693. The van der Waals surface area contributed by atoms with Crippen LogP contribution in [0.2, 0.25) is 0 Å². The number of fused-ring (bicyclic) bond motifs is 1. The van der Waals surface area contributed by atoms with Gasteiger partial charge in [-0.05, 0) is 36.1 Å². The average Bonchev–Trinajstić information content (AvgIpc) is 2.47. The molecule has 0 unspecified atom stereocenters. The van der Waals surface area contributed by atoms with Crippen LogP contribution in [0.25, 0.3) is 10.1 Å². The Hall–Kier alpha value is -0.510. The molecule has 0 bridgehead atoms. The molecule has 68 valence electrons. The van der Waals surface area contributed by atoms with E-state index in [0.717, 1.165) is 9.77 Å². The van der Waals surface area contributed by atoms with Gasteiger partial charge in [-0.3, -0.25) is 0 Å². The number of hydrogen-bond acceptors (Lipinski definition) is 3. The van der Waals surface area contributed by atoms with Crippen LogP contribution in [0.15, 0.2) is 23.1 Å². The Morgan fingerprint density at radius 3 is 2.85 bits per heavy atom. The molecule has 0 saturated carbocycles. The second-order valence-corrected chi connectivity index (χ2v) is 4.70. The zero-order chi connectivity index (χ0) is 9.42. The summed E-state index contributed by atoms with van der Waals surface area (Å²) in [5, 5.41) is 10.2. The molecule has 0 radical (unpaired) electrons. The lowest BCUT2D eigenvalue weighted by molar-refractivity contribution is 0.285. The second-order valence-electron chi connectivity index (χ2n) is 3.05. The smallest absolute Gasteiger partial charge is 0.0774 e. The Kier molecular flexibility index (Phi) is 2.32. The van der Waals surface area contributed by atoms with Crippen molar-refractivity contribution in [2.75, 3.05) is 0 Å². The fourth-order valence-electron chi connectivity index (χ4n) is 1.44. The van der Waals surface area contributed by atoms with Gasteiger partial charge in [0, 0.05) is 14.5 Å². The molecule has 1 heterocycles. The van der Waals surface area contributed by atoms with Crippen LogP contribution in [0.5, 0.6) is 0 Å². The summed E-state index contributed by atoms with van der Waals surface area (Å²) in [6.45, 7) is 2.19. The van der Waals surface area contributed by atoms with Gasteiger partial charge in [0.15, 0.2) is 0 Å². The average molecular weight is 210 g/mol. The van der Waals surface area contributed by atoms with Crippen molar-refractivity contribution in [3.8, 4) is 0 Å². The van der Waals surface area contributed by atoms with E-state index >= 15 is 0 Å². The van der Waals surface area contributed by atoms with E-state index < -0.39 is 0 Å². The van der Waals surface area contributed by atoms with Gasteiger partial charge in [0.25, 0.3) is 0 Å². The summed E-state index contributed by atoms with van der Waals surface area (Å²) in [6, 6.07) is 6.09. The molecule has 1 N–H and O–H groups in total. The van der Waals surface area contributed by atoms with Crippen LogP contribution in [0, 0.1) is 6.92 Å². The molecule has 0 fully saturated rings. The molecule has 1 nitrogen and oxygen atoms in total. The molecular formula is C10H10OS2. The van der Waals surface area contributed by atoms with E-state index in [2.05, 4.69) is 19.6 Å². The minimum atomic E-state index is 0.126. The van der Waals surface area contributed by atoms with Gasteiger partial charge in [0.2, 0.25) is 0 Å². The summed E-state index contributed by atoms with van der Waals surface area (Å²) in [4.78, 5) is 1.99. The SMILES string of the molecule is Cc1cc(S)cc2cc(CO)sc12. The van der Waals surface area contributed by atoms with Gasteiger partial charge in [-0.25, -0.2) is 0 Å². The Bertz CT molecular complexity index is 445. The first-order valence-corrected chi connectivity index (χ1v) is 5.30. The van der Waals surface area contributed by atoms with Crippen molar-refractivity contribution in [1.29, 1.82) is 0 Å². The van der Waals surface area contributed by atoms with E-state index in [1.54, 1.807) is 11.3 Å². The summed E-state index contributed by atoms with van der Waals surface area (Å²) in [5.74, 6) is 0. The van der Waals surface area contributed by atoms with Crippen LogP contribution in [0.4, 0.5) is 0 Å². The second kappa shape index (κ2) is 3.33. The van der Waals surface area contributed by atoms with Gasteiger partial charge in [-0.15, -0.1) is 24.0 Å². The van der Waals surface area contributed by atoms with Gasteiger partial charge >= 0.3 is 0 Å². The van der Waals surface area contributed by atoms with E-state index in [4.69, 9.17) is 5.11 Å². The summed E-state index contributed by atoms with van der Waals surface area (Å²) in [5.41, 5.74) is 1.23. The van der Waals surface area contributed by atoms with E-state index in [1.807, 2.05) is 18.2 Å². The number of hydrogen-bond donors (Lipinski definition) is 2. The fourth-order valence-corrected chi connectivity index (χ4v) is 2.74. The third-order valence-corrected chi connectivity index (χ3v) is 3.52. The van der Waals surface area contributed by atoms with E-state index in [0.29, 0.717) is 0 Å². The van der Waals surface area contributed by atoms with Crippen molar-refractivity contribution in [2.24, 2.45) is 0 Å². The lowest BCUT2D eigenvalue weighted by atomic mass is 10.2. The lowest BCUT2D eigenvalue weighted by Gasteiger charge is -1.96. The molecule has 0 atom stereocenters. The number of thiol groups is 1. The number of aliphatic hydroxyl groups is 1. The van der Waals surface area contributed by atoms with Crippen LogP contribution in [0.1, 0.15) is 10.4 Å². The molecule has 1 aromatic heterocycles. The monoisotopic (exact) mass is 210 g/mol. The molecule has 0 aliphatic carbocycles. The molecule has 0 spiro atoms. The standard InChI is InChI=1S/C10H10OS2/c1-6-2-8(12)3-7-4-9(5-11)13-10(6)7/h2-4,11-12H,5H2,1H3. The van der Waals surface area contributed by atoms with Crippen LogP contribution >= 0.6 is 24.0 Å². The summed E-state index contributed by atoms with van der Waals surface area (Å²) < 4.78 is 1.25. The zero-order valence-electron chi connectivity index (χ0n) is 7.24. The van der Waals surface area contributed by atoms with Gasteiger partial charge in [0.05, 0.1) is 6.61 Å². The van der Waals surface area contributed by atoms with Gasteiger partial charge in [-0.1, -0.05) is 0 Å². The van der Waals surface area contributed by atoms with Crippen LogP contribution < -0.4 is 0 Å². The first-order chi connectivity index (χ1) is 6.20. The van der Waals surface area contributed by atoms with Gasteiger partial charge in [-0.2, -0.15) is 0 Å². The number of benzene rings is 1. The molecule has 1 aromatic carbocycles. The van der Waals surface area contributed by atoms with Crippen molar-refractivity contribution in [1.82, 2.24) is 0 Å². The normalized spacial score (nSPS) is 11.0. The van der Waals surface area contributed by atoms with E-state index in [1.165, 1.54) is 15.6 Å². The molecule has 0 amide bonds. The third kappa shape index (κ3) is 1.59. The van der Waals surface area contributed by atoms with Gasteiger partial charge < -0.3 is 5.11 Å². The summed E-state index contributed by atoms with van der Waals surface area (Å²) in [6.07, 6.45) is 0. The number of thiophene rings is 1. The Labute approximate surface area is 86.4 Å². The van der Waals surface area contributed by atoms with Gasteiger partial charge in [0.1, 0.15) is 0 Å². The van der Waals surface area contributed by atoms with Crippen molar-refractivity contribution < 1.29 is 5.11 Å². The Morgan fingerprint density at radius 1 is 1.38 bits per heavy atom. The number of rotatable bonds is 1. The van der Waals surface area contributed by atoms with Crippen molar-refractivity contribution in [2.45, 2.75) is 18.4 Å². The van der Waals surface area contributed by atoms with Crippen LogP contribution in [-0.2, 0) is 6.61 Å². The maximum atomic E-state index is 8.99. The molecule has 0 aliphatic heterocycles. The Balaban J connectivity index is 2.75. The molecular weight excluding hydrogens is 200 g/mol. The lowest BCUT2D eigenvalue weighted by Crippen LogP contribution is -1.72. The maximum absolute atomic E-state index is 8.99. The molecule has 0 saturated heterocycles. The minimum Gasteiger partial charge on any atom is -0.391 e. The fraction of sp³-hybridized carbons (Fsp3) is 0.200. The summed E-state index contributed by atoms with van der Waals surface area (Å²) in [7, 11) is 0. The van der Waals surface area contributed by atoms with E-state index in [9.17, 15) is 0 Å². The van der Waals surface area contributed by atoms with Crippen molar-refractivity contribution in [3.05, 3.63) is 28.6 Å². The van der Waals surface area contributed by atoms with E-state index in [-0.39, 0.29) is 6.61 Å². The summed E-state index contributed by atoms with van der Waals surface area (Å²) >= 11 is 5.96. The molecule has 0 aliphatic rings. The zero-order valence-corrected chi connectivity index (χ0v) is 8.95.